The zero-order valence-electron chi connectivity index (χ0n) is 11.6. The number of benzene rings is 1. The molecule has 0 saturated heterocycles. The van der Waals surface area contributed by atoms with Crippen molar-refractivity contribution in [3.05, 3.63) is 28.2 Å². The average Bonchev–Trinajstić information content (AvgIpc) is 2.45. The van der Waals surface area contributed by atoms with Crippen LogP contribution in [0.3, 0.4) is 0 Å². The number of amides is 1. The normalized spacial score (nSPS) is 11.2. The van der Waals surface area contributed by atoms with Gasteiger partial charge in [-0.05, 0) is 47.0 Å². The standard InChI is InChI=1S/C14H21BrN2O2/c1-4-14(16,5-2)9-17-13(18)11-8-10(19-3)6-7-12(11)15/h6-8H,4-5,9,16H2,1-3H3,(H,17,18). The van der Waals surface area contributed by atoms with Crippen molar-refractivity contribution in [2.75, 3.05) is 13.7 Å². The third-order valence-electron chi connectivity index (χ3n) is 3.43. The van der Waals surface area contributed by atoms with Gasteiger partial charge < -0.3 is 15.8 Å². The molecule has 0 fully saturated rings. The molecule has 1 aromatic rings. The third kappa shape index (κ3) is 4.21. The van der Waals surface area contributed by atoms with E-state index >= 15 is 0 Å². The molecule has 0 bridgehead atoms. The Hall–Kier alpha value is -1.07. The summed E-state index contributed by atoms with van der Waals surface area (Å²) in [6.45, 7) is 4.51. The molecule has 5 heteroatoms. The number of carbonyl (C=O) groups is 1. The van der Waals surface area contributed by atoms with Gasteiger partial charge in [-0.3, -0.25) is 4.79 Å². The second kappa shape index (κ2) is 6.91. The van der Waals surface area contributed by atoms with Crippen molar-refractivity contribution in [1.29, 1.82) is 0 Å². The van der Waals surface area contributed by atoms with Gasteiger partial charge in [0.15, 0.2) is 0 Å². The Morgan fingerprint density at radius 1 is 1.42 bits per heavy atom. The van der Waals surface area contributed by atoms with Crippen molar-refractivity contribution < 1.29 is 9.53 Å². The van der Waals surface area contributed by atoms with Crippen LogP contribution in [0.1, 0.15) is 37.0 Å². The second-order valence-electron chi connectivity index (χ2n) is 4.60. The highest BCUT2D eigenvalue weighted by Crippen LogP contribution is 2.22. The van der Waals surface area contributed by atoms with E-state index in [-0.39, 0.29) is 11.4 Å². The zero-order valence-corrected chi connectivity index (χ0v) is 13.2. The maximum Gasteiger partial charge on any atom is 0.252 e. The van der Waals surface area contributed by atoms with Crippen molar-refractivity contribution in [2.24, 2.45) is 5.73 Å². The first-order chi connectivity index (χ1) is 8.95. The van der Waals surface area contributed by atoms with Crippen LogP contribution < -0.4 is 15.8 Å². The number of ether oxygens (including phenoxy) is 1. The smallest absolute Gasteiger partial charge is 0.252 e. The molecule has 0 spiro atoms. The SMILES string of the molecule is CCC(N)(CC)CNC(=O)c1cc(OC)ccc1Br. The molecule has 0 aromatic heterocycles. The van der Waals surface area contributed by atoms with Crippen LogP contribution in [0.15, 0.2) is 22.7 Å². The van der Waals surface area contributed by atoms with E-state index < -0.39 is 0 Å². The van der Waals surface area contributed by atoms with Gasteiger partial charge in [0, 0.05) is 16.6 Å². The Balaban J connectivity index is 2.78. The summed E-state index contributed by atoms with van der Waals surface area (Å²) >= 11 is 3.37. The van der Waals surface area contributed by atoms with Crippen LogP contribution in [0.2, 0.25) is 0 Å². The Kier molecular flexibility index (Phi) is 5.82. The molecular weight excluding hydrogens is 308 g/mol. The van der Waals surface area contributed by atoms with Crippen LogP contribution in [-0.4, -0.2) is 25.1 Å². The summed E-state index contributed by atoms with van der Waals surface area (Å²) in [6, 6.07) is 5.30. The van der Waals surface area contributed by atoms with Gasteiger partial charge in [0.1, 0.15) is 5.75 Å². The minimum absolute atomic E-state index is 0.150. The van der Waals surface area contributed by atoms with E-state index in [2.05, 4.69) is 21.2 Å². The number of halogens is 1. The number of hydrogen-bond acceptors (Lipinski definition) is 3. The van der Waals surface area contributed by atoms with E-state index in [1.54, 1.807) is 25.3 Å². The summed E-state index contributed by atoms with van der Waals surface area (Å²) in [7, 11) is 1.57. The molecule has 106 valence electrons. The number of nitrogens with two attached hydrogens (primary N) is 1. The average molecular weight is 329 g/mol. The molecule has 0 radical (unpaired) electrons. The summed E-state index contributed by atoms with van der Waals surface area (Å²) in [5.41, 5.74) is 6.37. The lowest BCUT2D eigenvalue weighted by atomic mass is 9.94. The fourth-order valence-corrected chi connectivity index (χ4v) is 2.08. The van der Waals surface area contributed by atoms with Crippen molar-refractivity contribution >= 4 is 21.8 Å². The number of hydrogen-bond donors (Lipinski definition) is 2. The summed E-state index contributed by atoms with van der Waals surface area (Å²) < 4.78 is 5.86. The number of nitrogens with one attached hydrogen (secondary N) is 1. The lowest BCUT2D eigenvalue weighted by Gasteiger charge is -2.26. The summed E-state index contributed by atoms with van der Waals surface area (Å²) in [4.78, 5) is 12.2. The molecule has 0 aliphatic carbocycles. The van der Waals surface area contributed by atoms with Crippen LogP contribution in [0.4, 0.5) is 0 Å². The van der Waals surface area contributed by atoms with Gasteiger partial charge in [0.25, 0.3) is 5.91 Å². The predicted octanol–water partition coefficient (Wildman–Crippen LogP) is 2.71. The van der Waals surface area contributed by atoms with Crippen LogP contribution >= 0.6 is 15.9 Å². The maximum absolute atomic E-state index is 12.2. The van der Waals surface area contributed by atoms with E-state index in [9.17, 15) is 4.79 Å². The topological polar surface area (TPSA) is 64.3 Å². The molecule has 1 amide bonds. The summed E-state index contributed by atoms with van der Waals surface area (Å²) in [5, 5.41) is 2.88. The highest BCUT2D eigenvalue weighted by atomic mass is 79.9. The van der Waals surface area contributed by atoms with Gasteiger partial charge in [0.05, 0.1) is 12.7 Å². The predicted molar refractivity (Wildman–Crippen MR) is 80.5 cm³/mol. The van der Waals surface area contributed by atoms with E-state index in [0.717, 1.165) is 17.3 Å². The first-order valence-corrected chi connectivity index (χ1v) is 7.15. The van der Waals surface area contributed by atoms with E-state index in [1.807, 2.05) is 13.8 Å². The van der Waals surface area contributed by atoms with E-state index in [1.165, 1.54) is 0 Å². The Bertz CT molecular complexity index is 445. The second-order valence-corrected chi connectivity index (χ2v) is 5.45. The van der Waals surface area contributed by atoms with Crippen LogP contribution in [-0.2, 0) is 0 Å². The highest BCUT2D eigenvalue weighted by Gasteiger charge is 2.22. The molecule has 1 rings (SSSR count). The van der Waals surface area contributed by atoms with Gasteiger partial charge in [-0.15, -0.1) is 0 Å². The lowest BCUT2D eigenvalue weighted by molar-refractivity contribution is 0.0941. The highest BCUT2D eigenvalue weighted by molar-refractivity contribution is 9.10. The Morgan fingerprint density at radius 3 is 2.58 bits per heavy atom. The molecule has 0 heterocycles. The summed E-state index contributed by atoms with van der Waals surface area (Å²) in [6.07, 6.45) is 1.64. The minimum Gasteiger partial charge on any atom is -0.497 e. The number of methoxy groups -OCH3 is 1. The fourth-order valence-electron chi connectivity index (χ4n) is 1.66. The molecule has 0 saturated carbocycles. The van der Waals surface area contributed by atoms with Crippen LogP contribution in [0, 0.1) is 0 Å². The molecule has 1 aromatic carbocycles. The van der Waals surface area contributed by atoms with Crippen molar-refractivity contribution in [2.45, 2.75) is 32.2 Å². The quantitative estimate of drug-likeness (QED) is 0.843. The molecule has 0 aliphatic rings. The van der Waals surface area contributed by atoms with E-state index in [0.29, 0.717) is 17.9 Å². The zero-order chi connectivity index (χ0) is 14.5. The third-order valence-corrected chi connectivity index (χ3v) is 4.12. The largest absolute Gasteiger partial charge is 0.497 e. The number of rotatable bonds is 6. The minimum atomic E-state index is -0.346. The van der Waals surface area contributed by atoms with E-state index in [4.69, 9.17) is 10.5 Å². The Labute approximate surface area is 122 Å². The monoisotopic (exact) mass is 328 g/mol. The number of carbonyl (C=O) groups excluding carboxylic acids is 1. The van der Waals surface area contributed by atoms with Gasteiger partial charge in [-0.25, -0.2) is 0 Å². The van der Waals surface area contributed by atoms with Crippen molar-refractivity contribution in [1.82, 2.24) is 5.32 Å². The summed E-state index contributed by atoms with van der Waals surface area (Å²) in [5.74, 6) is 0.501. The molecule has 4 nitrogen and oxygen atoms in total. The van der Waals surface area contributed by atoms with Gasteiger partial charge in [0.2, 0.25) is 0 Å². The molecule has 0 unspecified atom stereocenters. The van der Waals surface area contributed by atoms with Crippen LogP contribution in [0.25, 0.3) is 0 Å². The van der Waals surface area contributed by atoms with Crippen LogP contribution in [0.5, 0.6) is 5.75 Å². The van der Waals surface area contributed by atoms with Gasteiger partial charge in [-0.2, -0.15) is 0 Å². The Morgan fingerprint density at radius 2 is 2.05 bits per heavy atom. The molecule has 19 heavy (non-hydrogen) atoms. The van der Waals surface area contributed by atoms with Crippen molar-refractivity contribution in [3.63, 3.8) is 0 Å². The maximum atomic E-state index is 12.2. The first-order valence-electron chi connectivity index (χ1n) is 6.36. The molecule has 3 N–H and O–H groups in total. The fraction of sp³-hybridized carbons (Fsp3) is 0.500. The molecular formula is C14H21BrN2O2. The molecule has 0 aliphatic heterocycles. The lowest BCUT2D eigenvalue weighted by Crippen LogP contribution is -2.49. The molecule has 0 atom stereocenters. The first kappa shape index (κ1) is 16.0. The van der Waals surface area contributed by atoms with Crippen molar-refractivity contribution in [3.8, 4) is 5.75 Å². The van der Waals surface area contributed by atoms with Gasteiger partial charge in [-0.1, -0.05) is 13.8 Å². The van der Waals surface area contributed by atoms with Gasteiger partial charge >= 0.3 is 0 Å².